The largest absolute Gasteiger partial charge is 0.489 e. The number of carboxylic acid groups (broad SMARTS) is 1. The Kier molecular flexibility index (Phi) is 5.44. The second-order valence-electron chi connectivity index (χ2n) is 9.55. The molecule has 0 aliphatic carbocycles. The van der Waals surface area contributed by atoms with E-state index in [2.05, 4.69) is 24.9 Å². The van der Waals surface area contributed by atoms with Crippen LogP contribution in [-0.4, -0.2) is 28.4 Å². The van der Waals surface area contributed by atoms with Crippen LogP contribution < -0.4 is 15.2 Å². The molecule has 1 fully saturated rings. The summed E-state index contributed by atoms with van der Waals surface area (Å²) in [6.07, 6.45) is 3.32. The lowest BCUT2D eigenvalue weighted by atomic mass is 9.92. The maximum Gasteiger partial charge on any atom is 0.341 e. The normalized spacial score (nSPS) is 17.6. The SMILES string of the molecule is COCc1cc2c(cc1OCc1ccccc1)[C@H]1CCC(C)(C)N1n1cc(C(=O)O)c(=O)cc1-2. The molecule has 34 heavy (non-hydrogen) atoms. The first kappa shape index (κ1) is 22.2. The first-order valence-corrected chi connectivity index (χ1v) is 11.4. The van der Waals surface area contributed by atoms with E-state index in [-0.39, 0.29) is 17.1 Å². The summed E-state index contributed by atoms with van der Waals surface area (Å²) < 4.78 is 13.6. The molecule has 0 saturated carbocycles. The van der Waals surface area contributed by atoms with E-state index in [0.29, 0.717) is 18.9 Å². The number of methoxy groups -OCH3 is 1. The van der Waals surface area contributed by atoms with Crippen molar-refractivity contribution in [3.8, 4) is 17.0 Å². The summed E-state index contributed by atoms with van der Waals surface area (Å²) in [7, 11) is 1.64. The third kappa shape index (κ3) is 3.66. The van der Waals surface area contributed by atoms with Crippen LogP contribution in [-0.2, 0) is 18.0 Å². The summed E-state index contributed by atoms with van der Waals surface area (Å²) in [5, 5.41) is 11.8. The van der Waals surface area contributed by atoms with Crippen LogP contribution in [0.3, 0.4) is 0 Å². The Labute approximate surface area is 198 Å². The molecule has 2 aliphatic rings. The van der Waals surface area contributed by atoms with Gasteiger partial charge in [-0.25, -0.2) is 4.79 Å². The molecule has 0 radical (unpaired) electrons. The van der Waals surface area contributed by atoms with Gasteiger partial charge in [0.15, 0.2) is 5.43 Å². The van der Waals surface area contributed by atoms with Gasteiger partial charge >= 0.3 is 5.97 Å². The van der Waals surface area contributed by atoms with Crippen LogP contribution in [0, 0.1) is 0 Å². The molecule has 1 N–H and O–H groups in total. The van der Waals surface area contributed by atoms with Gasteiger partial charge in [0.25, 0.3) is 0 Å². The predicted molar refractivity (Wildman–Crippen MR) is 129 cm³/mol. The van der Waals surface area contributed by atoms with E-state index in [1.165, 1.54) is 12.3 Å². The van der Waals surface area contributed by atoms with Gasteiger partial charge in [-0.15, -0.1) is 0 Å². The van der Waals surface area contributed by atoms with E-state index < -0.39 is 11.4 Å². The van der Waals surface area contributed by atoms with Crippen molar-refractivity contribution < 1.29 is 19.4 Å². The Morgan fingerprint density at radius 2 is 1.91 bits per heavy atom. The third-order valence-electron chi connectivity index (χ3n) is 6.84. The number of nitrogens with zero attached hydrogens (tertiary/aromatic N) is 2. The maximum absolute atomic E-state index is 12.7. The Bertz CT molecular complexity index is 1310. The minimum atomic E-state index is -1.22. The zero-order valence-electron chi connectivity index (χ0n) is 19.6. The van der Waals surface area contributed by atoms with Gasteiger partial charge in [-0.2, -0.15) is 0 Å². The number of aromatic carboxylic acids is 1. The number of hydrogen-bond acceptors (Lipinski definition) is 5. The number of carboxylic acids is 1. The van der Waals surface area contributed by atoms with Crippen molar-refractivity contribution >= 4 is 5.97 Å². The average Bonchev–Trinajstić information content (AvgIpc) is 3.13. The lowest BCUT2D eigenvalue weighted by Gasteiger charge is -2.44. The van der Waals surface area contributed by atoms with Gasteiger partial charge in [0.05, 0.1) is 23.9 Å². The standard InChI is InChI=1S/C27H28N2O5/c1-27(2)10-9-22-20-12-25(34-15-17-7-5-4-6-8-17)18(16-33-3)11-19(20)23-13-24(30)21(26(31)32)14-28(23)29(22)27/h4-8,11-14,22H,9-10,15-16H2,1-3H3,(H,31,32)/t22-/m1/s1. The number of benzene rings is 2. The average molecular weight is 461 g/mol. The van der Waals surface area contributed by atoms with Gasteiger partial charge in [0.2, 0.25) is 0 Å². The fraction of sp³-hybridized carbons (Fsp3) is 0.333. The molecule has 0 spiro atoms. The van der Waals surface area contributed by atoms with Gasteiger partial charge in [-0.1, -0.05) is 30.3 Å². The number of aromatic nitrogens is 1. The molecule has 1 atom stereocenters. The quantitative estimate of drug-likeness (QED) is 0.583. The number of hydrogen-bond donors (Lipinski definition) is 1. The van der Waals surface area contributed by atoms with Crippen molar-refractivity contribution in [2.45, 2.75) is 51.5 Å². The first-order valence-electron chi connectivity index (χ1n) is 11.4. The number of pyridine rings is 1. The van der Waals surface area contributed by atoms with Crippen molar-refractivity contribution in [2.24, 2.45) is 0 Å². The Hall–Kier alpha value is -3.58. The summed E-state index contributed by atoms with van der Waals surface area (Å²) in [5.41, 5.74) is 3.69. The lowest BCUT2D eigenvalue weighted by Crippen LogP contribution is -2.50. The van der Waals surface area contributed by atoms with Gasteiger partial charge in [-0.3, -0.25) is 14.5 Å². The summed E-state index contributed by atoms with van der Waals surface area (Å²) in [6.45, 7) is 5.09. The van der Waals surface area contributed by atoms with Crippen LogP contribution >= 0.6 is 0 Å². The highest BCUT2D eigenvalue weighted by Gasteiger charge is 2.45. The van der Waals surface area contributed by atoms with Crippen molar-refractivity contribution in [3.63, 3.8) is 0 Å². The second kappa shape index (κ2) is 8.33. The molecular formula is C27H28N2O5. The minimum Gasteiger partial charge on any atom is -0.489 e. The summed E-state index contributed by atoms with van der Waals surface area (Å²) in [5.74, 6) is -0.462. The fourth-order valence-corrected chi connectivity index (χ4v) is 5.22. The summed E-state index contributed by atoms with van der Waals surface area (Å²) >= 11 is 0. The zero-order chi connectivity index (χ0) is 24.0. The molecule has 0 bridgehead atoms. The molecule has 2 aliphatic heterocycles. The Balaban J connectivity index is 1.67. The van der Waals surface area contributed by atoms with Crippen LogP contribution in [0.25, 0.3) is 11.3 Å². The topological polar surface area (TPSA) is 81.0 Å². The molecule has 1 aromatic heterocycles. The van der Waals surface area contributed by atoms with Crippen molar-refractivity contribution in [2.75, 3.05) is 12.1 Å². The number of rotatable bonds is 6. The highest BCUT2D eigenvalue weighted by atomic mass is 16.5. The van der Waals surface area contributed by atoms with Crippen LogP contribution in [0.15, 0.2) is 59.5 Å². The van der Waals surface area contributed by atoms with Gasteiger partial charge in [0, 0.05) is 30.5 Å². The van der Waals surface area contributed by atoms with E-state index in [0.717, 1.165) is 40.8 Å². The zero-order valence-corrected chi connectivity index (χ0v) is 19.6. The van der Waals surface area contributed by atoms with Gasteiger partial charge < -0.3 is 14.6 Å². The smallest absolute Gasteiger partial charge is 0.341 e. The van der Waals surface area contributed by atoms with E-state index in [9.17, 15) is 14.7 Å². The van der Waals surface area contributed by atoms with Crippen LogP contribution in [0.5, 0.6) is 5.75 Å². The lowest BCUT2D eigenvalue weighted by molar-refractivity contribution is 0.0694. The van der Waals surface area contributed by atoms with Crippen LogP contribution in [0.4, 0.5) is 0 Å². The molecule has 7 heteroatoms. The highest BCUT2D eigenvalue weighted by Crippen LogP contribution is 2.49. The molecule has 0 amide bonds. The number of ether oxygens (including phenoxy) is 2. The van der Waals surface area contributed by atoms with E-state index >= 15 is 0 Å². The monoisotopic (exact) mass is 460 g/mol. The highest BCUT2D eigenvalue weighted by molar-refractivity contribution is 5.88. The van der Waals surface area contributed by atoms with Crippen LogP contribution in [0.2, 0.25) is 0 Å². The fourth-order valence-electron chi connectivity index (χ4n) is 5.22. The Morgan fingerprint density at radius 3 is 2.62 bits per heavy atom. The molecule has 2 aromatic carbocycles. The second-order valence-corrected chi connectivity index (χ2v) is 9.55. The predicted octanol–water partition coefficient (Wildman–Crippen LogP) is 4.50. The molecule has 5 rings (SSSR count). The molecule has 0 unspecified atom stereocenters. The maximum atomic E-state index is 12.7. The molecule has 1 saturated heterocycles. The Morgan fingerprint density at radius 1 is 1.15 bits per heavy atom. The number of carbonyl (C=O) groups is 1. The number of fused-ring (bicyclic) bond motifs is 6. The third-order valence-corrected chi connectivity index (χ3v) is 6.84. The van der Waals surface area contributed by atoms with E-state index in [1.54, 1.807) is 7.11 Å². The van der Waals surface area contributed by atoms with Gasteiger partial charge in [-0.05, 0) is 49.9 Å². The van der Waals surface area contributed by atoms with Crippen molar-refractivity contribution in [1.82, 2.24) is 4.68 Å². The molecular weight excluding hydrogens is 432 g/mol. The summed E-state index contributed by atoms with van der Waals surface area (Å²) in [6, 6.07) is 15.6. The minimum absolute atomic E-state index is 0.0392. The van der Waals surface area contributed by atoms with Crippen molar-refractivity contribution in [1.29, 1.82) is 0 Å². The first-order chi connectivity index (χ1) is 16.3. The van der Waals surface area contributed by atoms with Crippen LogP contribution in [0.1, 0.15) is 59.8 Å². The van der Waals surface area contributed by atoms with E-state index in [4.69, 9.17) is 9.47 Å². The molecule has 3 heterocycles. The van der Waals surface area contributed by atoms with Crippen molar-refractivity contribution in [3.05, 3.63) is 87.2 Å². The van der Waals surface area contributed by atoms with Gasteiger partial charge in [0.1, 0.15) is 17.9 Å². The van der Waals surface area contributed by atoms with E-state index in [1.807, 2.05) is 41.1 Å². The molecule has 176 valence electrons. The molecule has 7 nitrogen and oxygen atoms in total. The summed E-state index contributed by atoms with van der Waals surface area (Å²) in [4.78, 5) is 24.4. The molecule has 3 aromatic rings.